The maximum atomic E-state index is 12.6. The SMILES string of the molecule is OCc1ccc(CCNc2cc(C(F)(F)F)ccn2)cc1. The van der Waals surface area contributed by atoms with Crippen LogP contribution < -0.4 is 5.32 Å². The fourth-order valence-electron chi connectivity index (χ4n) is 1.85. The molecule has 0 saturated carbocycles. The van der Waals surface area contributed by atoms with E-state index in [-0.39, 0.29) is 12.4 Å². The maximum absolute atomic E-state index is 12.6. The van der Waals surface area contributed by atoms with E-state index in [1.165, 1.54) is 0 Å². The number of halogens is 3. The zero-order valence-corrected chi connectivity index (χ0v) is 11.2. The highest BCUT2D eigenvalue weighted by atomic mass is 19.4. The van der Waals surface area contributed by atoms with Crippen LogP contribution in [0.25, 0.3) is 0 Å². The molecule has 0 saturated heterocycles. The second kappa shape index (κ2) is 6.58. The van der Waals surface area contributed by atoms with Gasteiger partial charge >= 0.3 is 6.18 Å². The summed E-state index contributed by atoms with van der Waals surface area (Å²) in [5.74, 6) is 0.205. The molecule has 0 radical (unpaired) electrons. The van der Waals surface area contributed by atoms with Crippen LogP contribution in [0.4, 0.5) is 19.0 Å². The monoisotopic (exact) mass is 296 g/mol. The van der Waals surface area contributed by atoms with Crippen LogP contribution in [0.3, 0.4) is 0 Å². The number of aromatic nitrogens is 1. The van der Waals surface area contributed by atoms with Crippen LogP contribution in [0.15, 0.2) is 42.6 Å². The van der Waals surface area contributed by atoms with Gasteiger partial charge in [-0.3, -0.25) is 0 Å². The number of hydrogen-bond acceptors (Lipinski definition) is 3. The molecule has 0 aliphatic heterocycles. The molecule has 0 spiro atoms. The van der Waals surface area contributed by atoms with E-state index in [4.69, 9.17) is 5.11 Å². The smallest absolute Gasteiger partial charge is 0.392 e. The molecule has 1 aromatic carbocycles. The first kappa shape index (κ1) is 15.3. The Kier molecular flexibility index (Phi) is 4.80. The summed E-state index contributed by atoms with van der Waals surface area (Å²) in [5, 5.41) is 11.8. The molecule has 0 atom stereocenters. The molecule has 3 nitrogen and oxygen atoms in total. The fourth-order valence-corrected chi connectivity index (χ4v) is 1.85. The van der Waals surface area contributed by atoms with Crippen LogP contribution in [0.2, 0.25) is 0 Å². The van der Waals surface area contributed by atoms with Crippen LogP contribution in [-0.2, 0) is 19.2 Å². The summed E-state index contributed by atoms with van der Waals surface area (Å²) in [6.45, 7) is 0.472. The Bertz CT molecular complexity index is 582. The average molecular weight is 296 g/mol. The number of hydrogen-bond donors (Lipinski definition) is 2. The summed E-state index contributed by atoms with van der Waals surface area (Å²) in [6.07, 6.45) is -2.57. The van der Waals surface area contributed by atoms with E-state index in [2.05, 4.69) is 10.3 Å². The molecule has 0 amide bonds. The summed E-state index contributed by atoms with van der Waals surface area (Å²) in [5.41, 5.74) is 1.14. The van der Waals surface area contributed by atoms with Gasteiger partial charge in [-0.2, -0.15) is 13.2 Å². The van der Waals surface area contributed by atoms with Crippen LogP contribution in [0, 0.1) is 0 Å². The molecule has 0 unspecified atom stereocenters. The number of benzene rings is 1. The van der Waals surface area contributed by atoms with Crippen molar-refractivity contribution in [3.63, 3.8) is 0 Å². The number of nitrogens with zero attached hydrogens (tertiary/aromatic N) is 1. The van der Waals surface area contributed by atoms with Crippen LogP contribution in [0.1, 0.15) is 16.7 Å². The van der Waals surface area contributed by atoms with E-state index < -0.39 is 11.7 Å². The normalized spacial score (nSPS) is 11.4. The van der Waals surface area contributed by atoms with Gasteiger partial charge in [0.05, 0.1) is 12.2 Å². The molecule has 0 aliphatic rings. The van der Waals surface area contributed by atoms with Crippen molar-refractivity contribution in [2.45, 2.75) is 19.2 Å². The highest BCUT2D eigenvalue weighted by Gasteiger charge is 2.30. The Labute approximate surface area is 120 Å². The maximum Gasteiger partial charge on any atom is 0.416 e. The lowest BCUT2D eigenvalue weighted by Crippen LogP contribution is -2.09. The number of anilines is 1. The molecule has 2 N–H and O–H groups in total. The molecule has 1 aromatic heterocycles. The minimum absolute atomic E-state index is 0.00726. The van der Waals surface area contributed by atoms with Crippen molar-refractivity contribution in [3.8, 4) is 0 Å². The third kappa shape index (κ3) is 4.46. The Morgan fingerprint density at radius 3 is 2.33 bits per heavy atom. The Morgan fingerprint density at radius 1 is 1.05 bits per heavy atom. The highest BCUT2D eigenvalue weighted by molar-refractivity contribution is 5.38. The van der Waals surface area contributed by atoms with E-state index in [1.54, 1.807) is 0 Å². The van der Waals surface area contributed by atoms with Gasteiger partial charge in [-0.1, -0.05) is 24.3 Å². The third-order valence-electron chi connectivity index (χ3n) is 3.01. The van der Waals surface area contributed by atoms with Crippen molar-refractivity contribution < 1.29 is 18.3 Å². The van der Waals surface area contributed by atoms with Crippen molar-refractivity contribution in [3.05, 3.63) is 59.3 Å². The molecular formula is C15H15F3N2O. The van der Waals surface area contributed by atoms with Crippen molar-refractivity contribution in [2.24, 2.45) is 0 Å². The Balaban J connectivity index is 1.91. The van der Waals surface area contributed by atoms with Crippen LogP contribution in [-0.4, -0.2) is 16.6 Å². The number of aliphatic hydroxyl groups excluding tert-OH is 1. The molecule has 2 rings (SSSR count). The molecular weight excluding hydrogens is 281 g/mol. The number of aliphatic hydroxyl groups is 1. The molecule has 0 aliphatic carbocycles. The first-order valence-electron chi connectivity index (χ1n) is 6.45. The van der Waals surface area contributed by atoms with Crippen LogP contribution >= 0.6 is 0 Å². The topological polar surface area (TPSA) is 45.1 Å². The van der Waals surface area contributed by atoms with Gasteiger partial charge < -0.3 is 10.4 Å². The van der Waals surface area contributed by atoms with Crippen molar-refractivity contribution in [2.75, 3.05) is 11.9 Å². The lowest BCUT2D eigenvalue weighted by molar-refractivity contribution is -0.137. The lowest BCUT2D eigenvalue weighted by atomic mass is 10.1. The summed E-state index contributed by atoms with van der Waals surface area (Å²) >= 11 is 0. The number of alkyl halides is 3. The molecule has 6 heteroatoms. The fraction of sp³-hybridized carbons (Fsp3) is 0.267. The standard InChI is InChI=1S/C15H15F3N2O/c16-15(17,18)13-6-8-20-14(9-13)19-7-5-11-1-3-12(10-21)4-2-11/h1-4,6,8-9,21H,5,7,10H2,(H,19,20). The number of pyridine rings is 1. The van der Waals surface area contributed by atoms with Crippen LogP contribution in [0.5, 0.6) is 0 Å². The summed E-state index contributed by atoms with van der Waals surface area (Å²) in [4.78, 5) is 3.87. The van der Waals surface area contributed by atoms with Gasteiger partial charge in [0.2, 0.25) is 0 Å². The largest absolute Gasteiger partial charge is 0.416 e. The first-order chi connectivity index (χ1) is 9.99. The van der Waals surface area contributed by atoms with Crippen molar-refractivity contribution in [1.82, 2.24) is 4.98 Å². The second-order valence-corrected chi connectivity index (χ2v) is 4.58. The van der Waals surface area contributed by atoms with E-state index in [1.807, 2.05) is 24.3 Å². The Morgan fingerprint density at radius 2 is 1.71 bits per heavy atom. The predicted octanol–water partition coefficient (Wildman–Crippen LogP) is 3.25. The minimum atomic E-state index is -4.36. The third-order valence-corrected chi connectivity index (χ3v) is 3.01. The summed E-state index contributed by atoms with van der Waals surface area (Å²) in [7, 11) is 0. The van der Waals surface area contributed by atoms with Gasteiger partial charge in [-0.05, 0) is 29.7 Å². The van der Waals surface area contributed by atoms with Gasteiger partial charge in [0.15, 0.2) is 0 Å². The number of rotatable bonds is 5. The first-order valence-corrected chi connectivity index (χ1v) is 6.45. The average Bonchev–Trinajstić information content (AvgIpc) is 2.47. The quantitative estimate of drug-likeness (QED) is 0.890. The van der Waals surface area contributed by atoms with Gasteiger partial charge in [-0.15, -0.1) is 0 Å². The van der Waals surface area contributed by atoms with Gasteiger partial charge in [0, 0.05) is 12.7 Å². The molecule has 112 valence electrons. The molecule has 0 bridgehead atoms. The van der Waals surface area contributed by atoms with Crippen molar-refractivity contribution in [1.29, 1.82) is 0 Å². The zero-order valence-electron chi connectivity index (χ0n) is 11.2. The van der Waals surface area contributed by atoms with E-state index in [0.29, 0.717) is 13.0 Å². The van der Waals surface area contributed by atoms with Gasteiger partial charge in [-0.25, -0.2) is 4.98 Å². The number of nitrogens with one attached hydrogen (secondary N) is 1. The Hall–Kier alpha value is -2.08. The molecule has 21 heavy (non-hydrogen) atoms. The lowest BCUT2D eigenvalue weighted by Gasteiger charge is -2.10. The summed E-state index contributed by atoms with van der Waals surface area (Å²) in [6, 6.07) is 9.34. The van der Waals surface area contributed by atoms with E-state index in [9.17, 15) is 13.2 Å². The minimum Gasteiger partial charge on any atom is -0.392 e. The molecule has 0 fully saturated rings. The molecule has 1 heterocycles. The molecule has 2 aromatic rings. The second-order valence-electron chi connectivity index (χ2n) is 4.58. The van der Waals surface area contributed by atoms with Crippen molar-refractivity contribution >= 4 is 5.82 Å². The van der Waals surface area contributed by atoms with Gasteiger partial charge in [0.1, 0.15) is 5.82 Å². The summed E-state index contributed by atoms with van der Waals surface area (Å²) < 4.78 is 37.7. The van der Waals surface area contributed by atoms with E-state index in [0.717, 1.165) is 29.5 Å². The predicted molar refractivity (Wildman–Crippen MR) is 73.8 cm³/mol. The van der Waals surface area contributed by atoms with E-state index >= 15 is 0 Å². The highest BCUT2D eigenvalue weighted by Crippen LogP contribution is 2.29. The zero-order chi connectivity index (χ0) is 15.3. The van der Waals surface area contributed by atoms with Gasteiger partial charge in [0.25, 0.3) is 0 Å².